The highest BCUT2D eigenvalue weighted by molar-refractivity contribution is 6.31. The molecule has 0 unspecified atom stereocenters. The van der Waals surface area contributed by atoms with E-state index in [-0.39, 0.29) is 5.02 Å². The Labute approximate surface area is 80.9 Å². The predicted octanol–water partition coefficient (Wildman–Crippen LogP) is 1.60. The number of rotatable bonds is 4. The molecule has 0 aliphatic rings. The summed E-state index contributed by atoms with van der Waals surface area (Å²) in [6.07, 6.45) is 3.37. The first-order valence-corrected chi connectivity index (χ1v) is 4.49. The van der Waals surface area contributed by atoms with E-state index in [9.17, 15) is 4.79 Å². The highest BCUT2D eigenvalue weighted by Crippen LogP contribution is 2.17. The Morgan fingerprint density at radius 2 is 2.46 bits per heavy atom. The van der Waals surface area contributed by atoms with Crippen LogP contribution in [0.1, 0.15) is 19.8 Å². The predicted molar refractivity (Wildman–Crippen MR) is 50.3 cm³/mol. The van der Waals surface area contributed by atoms with Crippen molar-refractivity contribution in [2.24, 2.45) is 0 Å². The van der Waals surface area contributed by atoms with E-state index in [1.54, 1.807) is 0 Å². The normalized spacial score (nSPS) is 10.0. The van der Waals surface area contributed by atoms with Crippen LogP contribution in [0.15, 0.2) is 11.0 Å². The summed E-state index contributed by atoms with van der Waals surface area (Å²) in [7, 11) is 0. The van der Waals surface area contributed by atoms with Crippen molar-refractivity contribution in [3.05, 3.63) is 21.6 Å². The maximum absolute atomic E-state index is 10.9. The van der Waals surface area contributed by atoms with Gasteiger partial charge in [-0.05, 0) is 6.42 Å². The summed E-state index contributed by atoms with van der Waals surface area (Å²) in [5.74, 6) is 0.346. The van der Waals surface area contributed by atoms with Gasteiger partial charge in [-0.25, -0.2) is 5.10 Å². The van der Waals surface area contributed by atoms with Crippen LogP contribution in [0, 0.1) is 0 Å². The Balaban J connectivity index is 2.66. The summed E-state index contributed by atoms with van der Waals surface area (Å²) in [5, 5.41) is 5.85. The van der Waals surface area contributed by atoms with E-state index in [1.807, 2.05) is 0 Å². The number of nitrogens with zero attached hydrogens (tertiary/aromatic N) is 1. The fourth-order valence-corrected chi connectivity index (χ4v) is 0.940. The molecule has 13 heavy (non-hydrogen) atoms. The van der Waals surface area contributed by atoms with Gasteiger partial charge >= 0.3 is 0 Å². The molecule has 1 aromatic rings. The van der Waals surface area contributed by atoms with E-state index in [0.717, 1.165) is 12.8 Å². The maximum atomic E-state index is 10.9. The van der Waals surface area contributed by atoms with Crippen LogP contribution in [0.5, 0.6) is 5.75 Å². The second kappa shape index (κ2) is 4.87. The molecule has 1 heterocycles. The second-order valence-corrected chi connectivity index (χ2v) is 2.96. The van der Waals surface area contributed by atoms with E-state index in [4.69, 9.17) is 16.3 Å². The van der Waals surface area contributed by atoms with Gasteiger partial charge in [-0.3, -0.25) is 4.79 Å². The molecule has 0 amide bonds. The number of unbranched alkanes of at least 4 members (excludes halogenated alkanes) is 1. The number of aromatic nitrogens is 2. The Kier molecular flexibility index (Phi) is 3.76. The van der Waals surface area contributed by atoms with Crippen molar-refractivity contribution >= 4 is 11.6 Å². The number of aromatic amines is 1. The van der Waals surface area contributed by atoms with Crippen LogP contribution in [-0.2, 0) is 0 Å². The van der Waals surface area contributed by atoms with Crippen molar-refractivity contribution in [2.45, 2.75) is 19.8 Å². The molecule has 0 atom stereocenters. The molecule has 72 valence electrons. The molecular weight excluding hydrogens is 192 g/mol. The molecule has 0 radical (unpaired) electrons. The summed E-state index contributed by atoms with van der Waals surface area (Å²) >= 11 is 5.66. The summed E-state index contributed by atoms with van der Waals surface area (Å²) in [5.41, 5.74) is -0.421. The largest absolute Gasteiger partial charge is 0.490 e. The Bertz CT molecular complexity index is 324. The third-order valence-corrected chi connectivity index (χ3v) is 1.88. The minimum Gasteiger partial charge on any atom is -0.490 e. The maximum Gasteiger partial charge on any atom is 0.286 e. The number of ether oxygens (including phenoxy) is 1. The van der Waals surface area contributed by atoms with Gasteiger partial charge in [0.1, 0.15) is 0 Å². The van der Waals surface area contributed by atoms with Crippen molar-refractivity contribution in [1.82, 2.24) is 10.2 Å². The van der Waals surface area contributed by atoms with Gasteiger partial charge in [0.2, 0.25) is 0 Å². The molecule has 0 fully saturated rings. The average Bonchev–Trinajstić information content (AvgIpc) is 2.13. The van der Waals surface area contributed by atoms with Gasteiger partial charge in [-0.1, -0.05) is 24.9 Å². The minimum absolute atomic E-state index is 0.0612. The average molecular weight is 203 g/mol. The van der Waals surface area contributed by atoms with Crippen LogP contribution < -0.4 is 10.3 Å². The van der Waals surface area contributed by atoms with E-state index >= 15 is 0 Å². The third kappa shape index (κ3) is 2.73. The van der Waals surface area contributed by atoms with Gasteiger partial charge < -0.3 is 4.74 Å². The molecule has 0 saturated carbocycles. The van der Waals surface area contributed by atoms with Gasteiger partial charge in [0.15, 0.2) is 10.8 Å². The standard InChI is InChI=1S/C8H11ClN2O2/c1-2-3-4-13-6-5-10-11-8(12)7(6)9/h5H,2-4H2,1H3,(H,11,12). The molecule has 0 aliphatic carbocycles. The summed E-state index contributed by atoms with van der Waals surface area (Å²) in [6.45, 7) is 2.61. The zero-order chi connectivity index (χ0) is 9.68. The molecular formula is C8H11ClN2O2. The summed E-state index contributed by atoms with van der Waals surface area (Å²) < 4.78 is 5.24. The van der Waals surface area contributed by atoms with E-state index < -0.39 is 5.56 Å². The Morgan fingerprint density at radius 1 is 1.69 bits per heavy atom. The number of H-pyrrole nitrogens is 1. The van der Waals surface area contributed by atoms with Crippen LogP contribution in [0.2, 0.25) is 5.02 Å². The van der Waals surface area contributed by atoms with Crippen molar-refractivity contribution in [1.29, 1.82) is 0 Å². The van der Waals surface area contributed by atoms with Crippen LogP contribution in [0.25, 0.3) is 0 Å². The van der Waals surface area contributed by atoms with Crippen LogP contribution in [-0.4, -0.2) is 16.8 Å². The molecule has 4 nitrogen and oxygen atoms in total. The summed E-state index contributed by atoms with van der Waals surface area (Å²) in [6, 6.07) is 0. The molecule has 0 spiro atoms. The molecule has 1 N–H and O–H groups in total. The minimum atomic E-state index is -0.421. The van der Waals surface area contributed by atoms with E-state index in [1.165, 1.54) is 6.20 Å². The molecule has 1 rings (SSSR count). The van der Waals surface area contributed by atoms with E-state index in [0.29, 0.717) is 12.4 Å². The Hall–Kier alpha value is -1.03. The van der Waals surface area contributed by atoms with Gasteiger partial charge in [-0.15, -0.1) is 0 Å². The SMILES string of the molecule is CCCCOc1cn[nH]c(=O)c1Cl. The molecule has 0 bridgehead atoms. The number of nitrogens with one attached hydrogen (secondary N) is 1. The third-order valence-electron chi connectivity index (χ3n) is 1.52. The lowest BCUT2D eigenvalue weighted by Gasteiger charge is -2.04. The van der Waals surface area contributed by atoms with E-state index in [2.05, 4.69) is 17.1 Å². The zero-order valence-corrected chi connectivity index (χ0v) is 8.10. The lowest BCUT2D eigenvalue weighted by molar-refractivity contribution is 0.307. The molecule has 0 saturated heterocycles. The highest BCUT2D eigenvalue weighted by Gasteiger charge is 2.04. The first-order chi connectivity index (χ1) is 6.25. The van der Waals surface area contributed by atoms with Crippen molar-refractivity contribution < 1.29 is 4.74 Å². The summed E-state index contributed by atoms with van der Waals surface area (Å²) in [4.78, 5) is 10.9. The zero-order valence-electron chi connectivity index (χ0n) is 7.34. The molecule has 1 aromatic heterocycles. The lowest BCUT2D eigenvalue weighted by atomic mass is 10.4. The van der Waals surface area contributed by atoms with Crippen LogP contribution in [0.4, 0.5) is 0 Å². The van der Waals surface area contributed by atoms with Crippen molar-refractivity contribution in [3.63, 3.8) is 0 Å². The fraction of sp³-hybridized carbons (Fsp3) is 0.500. The first-order valence-electron chi connectivity index (χ1n) is 4.11. The Morgan fingerprint density at radius 3 is 3.15 bits per heavy atom. The van der Waals surface area contributed by atoms with Crippen molar-refractivity contribution in [3.8, 4) is 5.75 Å². The van der Waals surface area contributed by atoms with Crippen LogP contribution in [0.3, 0.4) is 0 Å². The smallest absolute Gasteiger partial charge is 0.286 e. The molecule has 0 aromatic carbocycles. The van der Waals surface area contributed by atoms with Crippen molar-refractivity contribution in [2.75, 3.05) is 6.61 Å². The van der Waals surface area contributed by atoms with Gasteiger partial charge in [0.25, 0.3) is 5.56 Å². The molecule has 5 heteroatoms. The van der Waals surface area contributed by atoms with Crippen LogP contribution >= 0.6 is 11.6 Å². The number of hydrogen-bond acceptors (Lipinski definition) is 3. The topological polar surface area (TPSA) is 55.0 Å². The lowest BCUT2D eigenvalue weighted by Crippen LogP contribution is -2.10. The fourth-order valence-electron chi connectivity index (χ4n) is 0.794. The second-order valence-electron chi connectivity index (χ2n) is 2.58. The molecule has 0 aliphatic heterocycles. The number of halogens is 1. The quantitative estimate of drug-likeness (QED) is 0.755. The van der Waals surface area contributed by atoms with Gasteiger partial charge in [0, 0.05) is 0 Å². The number of hydrogen-bond donors (Lipinski definition) is 1. The van der Waals surface area contributed by atoms with Gasteiger partial charge in [-0.2, -0.15) is 5.10 Å². The highest BCUT2D eigenvalue weighted by atomic mass is 35.5. The monoisotopic (exact) mass is 202 g/mol. The first kappa shape index (κ1) is 10.1. The van der Waals surface area contributed by atoms with Gasteiger partial charge in [0.05, 0.1) is 12.8 Å².